The van der Waals surface area contributed by atoms with Crippen LogP contribution in [0.3, 0.4) is 0 Å². The highest BCUT2D eigenvalue weighted by Gasteiger charge is 2.31. The van der Waals surface area contributed by atoms with E-state index in [1.54, 1.807) is 0 Å². The van der Waals surface area contributed by atoms with Crippen molar-refractivity contribution >= 4 is 44.0 Å². The van der Waals surface area contributed by atoms with Gasteiger partial charge in [-0.1, -0.05) is 11.6 Å². The van der Waals surface area contributed by atoms with E-state index in [4.69, 9.17) is 11.6 Å². The second kappa shape index (κ2) is 7.75. The molecule has 0 spiro atoms. The van der Waals surface area contributed by atoms with E-state index in [2.05, 4.69) is 20.3 Å². The summed E-state index contributed by atoms with van der Waals surface area (Å²) in [7, 11) is -3.85. The Morgan fingerprint density at radius 1 is 1.31 bits per heavy atom. The van der Waals surface area contributed by atoms with Gasteiger partial charge in [0.1, 0.15) is 11.5 Å². The molecule has 1 aliphatic heterocycles. The minimum Gasteiger partial charge on any atom is -0.296 e. The third-order valence-electron chi connectivity index (χ3n) is 4.24. The summed E-state index contributed by atoms with van der Waals surface area (Å²) < 4.78 is 40.4. The molecule has 1 N–H and O–H groups in total. The fourth-order valence-electron chi connectivity index (χ4n) is 2.79. The minimum atomic E-state index is -3.85. The number of carbonyl (C=O) groups excluding carboxylic acids is 1. The van der Waals surface area contributed by atoms with E-state index in [1.165, 1.54) is 40.3 Å². The highest BCUT2D eigenvalue weighted by atomic mass is 35.5. The molecule has 0 bridgehead atoms. The van der Waals surface area contributed by atoms with Gasteiger partial charge in [-0.3, -0.25) is 15.1 Å². The second-order valence-corrected chi connectivity index (χ2v) is 9.53. The Hall–Kier alpha value is -2.47. The van der Waals surface area contributed by atoms with Crippen LogP contribution in [0.15, 0.2) is 41.7 Å². The monoisotopic (exact) mass is 453 g/mol. The quantitative estimate of drug-likeness (QED) is 0.651. The van der Waals surface area contributed by atoms with Crippen LogP contribution in [0.4, 0.5) is 9.52 Å². The van der Waals surface area contributed by atoms with Crippen molar-refractivity contribution in [3.63, 3.8) is 0 Å². The van der Waals surface area contributed by atoms with Crippen molar-refractivity contribution in [1.82, 2.24) is 19.3 Å². The number of sulfonamides is 1. The predicted octanol–water partition coefficient (Wildman–Crippen LogP) is 2.72. The zero-order valence-corrected chi connectivity index (χ0v) is 17.1. The molecule has 1 aromatic carbocycles. The van der Waals surface area contributed by atoms with Crippen LogP contribution in [0.5, 0.6) is 0 Å². The van der Waals surface area contributed by atoms with E-state index in [0.29, 0.717) is 11.6 Å². The average Bonchev–Trinajstić information content (AvgIpc) is 3.12. The Morgan fingerprint density at radius 2 is 2.14 bits per heavy atom. The first-order valence-electron chi connectivity index (χ1n) is 8.36. The minimum absolute atomic E-state index is 0.0759. The summed E-state index contributed by atoms with van der Waals surface area (Å²) in [6.07, 6.45) is 4.60. The standard InChI is InChI=1S/C17H13ClFN5O3S2/c18-11-7-10(1-2-12(11)19)29(26,27)24-6-3-13-15(9-24)28-17(22-13)23-16(25)14-8-20-4-5-21-14/h1-2,4-5,7-8H,3,6,9H2,(H,22,23,25). The molecule has 0 saturated carbocycles. The van der Waals surface area contributed by atoms with Gasteiger partial charge in [0.15, 0.2) is 5.13 Å². The fraction of sp³-hybridized carbons (Fsp3) is 0.176. The molecule has 0 aliphatic carbocycles. The van der Waals surface area contributed by atoms with Gasteiger partial charge in [0.25, 0.3) is 5.91 Å². The number of nitrogens with one attached hydrogen (secondary N) is 1. The Morgan fingerprint density at radius 3 is 2.86 bits per heavy atom. The van der Waals surface area contributed by atoms with E-state index in [0.717, 1.165) is 22.7 Å². The van der Waals surface area contributed by atoms with Gasteiger partial charge in [-0.05, 0) is 18.2 Å². The Labute approximate surface area is 174 Å². The van der Waals surface area contributed by atoms with Gasteiger partial charge in [0.2, 0.25) is 10.0 Å². The molecule has 29 heavy (non-hydrogen) atoms. The molecule has 3 aromatic rings. The lowest BCUT2D eigenvalue weighted by Gasteiger charge is -2.25. The number of thiazole rings is 1. The number of nitrogens with zero attached hydrogens (tertiary/aromatic N) is 4. The summed E-state index contributed by atoms with van der Waals surface area (Å²) in [4.78, 5) is 25.0. The SMILES string of the molecule is O=C(Nc1nc2c(s1)CN(S(=O)(=O)c1ccc(F)c(Cl)c1)CC2)c1cnccn1. The van der Waals surface area contributed by atoms with Crippen LogP contribution in [0.2, 0.25) is 5.02 Å². The van der Waals surface area contributed by atoms with Crippen molar-refractivity contribution in [2.24, 2.45) is 0 Å². The number of rotatable bonds is 4. The van der Waals surface area contributed by atoms with Gasteiger partial charge in [0.05, 0.1) is 28.4 Å². The maximum Gasteiger partial charge on any atom is 0.277 e. The molecule has 150 valence electrons. The van der Waals surface area contributed by atoms with Crippen LogP contribution in [-0.2, 0) is 23.0 Å². The van der Waals surface area contributed by atoms with Gasteiger partial charge in [-0.25, -0.2) is 22.8 Å². The molecule has 4 rings (SSSR count). The number of benzene rings is 1. The topological polar surface area (TPSA) is 105 Å². The first-order valence-corrected chi connectivity index (χ1v) is 11.0. The fourth-order valence-corrected chi connectivity index (χ4v) is 5.58. The van der Waals surface area contributed by atoms with Crippen LogP contribution in [-0.4, -0.2) is 40.1 Å². The second-order valence-electron chi connectivity index (χ2n) is 6.10. The third kappa shape index (κ3) is 3.99. The summed E-state index contributed by atoms with van der Waals surface area (Å²) in [5, 5.41) is 2.76. The molecule has 1 aliphatic rings. The predicted molar refractivity (Wildman–Crippen MR) is 105 cm³/mol. The smallest absolute Gasteiger partial charge is 0.277 e. The summed E-state index contributed by atoms with van der Waals surface area (Å²) in [6, 6.07) is 3.31. The molecule has 2 aromatic heterocycles. The number of carbonyl (C=O) groups is 1. The first kappa shape index (κ1) is 19.8. The number of halogens is 2. The zero-order chi connectivity index (χ0) is 20.6. The van der Waals surface area contributed by atoms with Crippen molar-refractivity contribution in [3.8, 4) is 0 Å². The van der Waals surface area contributed by atoms with E-state index >= 15 is 0 Å². The number of aromatic nitrogens is 3. The third-order valence-corrected chi connectivity index (χ3v) is 7.37. The molecule has 0 atom stereocenters. The van der Waals surface area contributed by atoms with E-state index in [-0.39, 0.29) is 28.7 Å². The normalized spacial score (nSPS) is 14.4. The highest BCUT2D eigenvalue weighted by molar-refractivity contribution is 7.89. The Kier molecular flexibility index (Phi) is 5.30. The van der Waals surface area contributed by atoms with Crippen molar-refractivity contribution in [2.75, 3.05) is 11.9 Å². The van der Waals surface area contributed by atoms with Gasteiger partial charge < -0.3 is 0 Å². The molecule has 8 nitrogen and oxygen atoms in total. The number of amides is 1. The summed E-state index contributed by atoms with van der Waals surface area (Å²) in [5.41, 5.74) is 0.881. The molecule has 1 amide bonds. The molecular weight excluding hydrogens is 441 g/mol. The van der Waals surface area contributed by atoms with Crippen molar-refractivity contribution in [1.29, 1.82) is 0 Å². The van der Waals surface area contributed by atoms with Gasteiger partial charge >= 0.3 is 0 Å². The number of hydrogen-bond acceptors (Lipinski definition) is 7. The summed E-state index contributed by atoms with van der Waals surface area (Å²) >= 11 is 6.92. The molecule has 3 heterocycles. The van der Waals surface area contributed by atoms with Crippen LogP contribution in [0, 0.1) is 5.82 Å². The molecule has 12 heteroatoms. The lowest BCUT2D eigenvalue weighted by atomic mass is 10.2. The van der Waals surface area contributed by atoms with Crippen LogP contribution in [0.1, 0.15) is 21.1 Å². The molecule has 0 fully saturated rings. The van der Waals surface area contributed by atoms with E-state index in [1.807, 2.05) is 0 Å². The number of anilines is 1. The lowest BCUT2D eigenvalue weighted by molar-refractivity contribution is 0.102. The summed E-state index contributed by atoms with van der Waals surface area (Å²) in [6.45, 7) is 0.316. The largest absolute Gasteiger partial charge is 0.296 e. The van der Waals surface area contributed by atoms with Crippen molar-refractivity contribution < 1.29 is 17.6 Å². The van der Waals surface area contributed by atoms with E-state index < -0.39 is 21.7 Å². The first-order chi connectivity index (χ1) is 13.8. The summed E-state index contributed by atoms with van der Waals surface area (Å²) in [5.74, 6) is -1.13. The molecule has 0 unspecified atom stereocenters. The van der Waals surface area contributed by atoms with Crippen LogP contribution < -0.4 is 5.32 Å². The van der Waals surface area contributed by atoms with Crippen LogP contribution >= 0.6 is 22.9 Å². The maximum atomic E-state index is 13.4. The zero-order valence-electron chi connectivity index (χ0n) is 14.7. The van der Waals surface area contributed by atoms with Gasteiger partial charge in [0, 0.05) is 30.2 Å². The Bertz CT molecular complexity index is 1190. The molecule has 0 radical (unpaired) electrons. The van der Waals surface area contributed by atoms with Crippen molar-refractivity contribution in [3.05, 3.63) is 63.9 Å². The maximum absolute atomic E-state index is 13.4. The van der Waals surface area contributed by atoms with Crippen LogP contribution in [0.25, 0.3) is 0 Å². The molecular formula is C17H13ClFN5O3S2. The van der Waals surface area contributed by atoms with Crippen molar-refractivity contribution in [2.45, 2.75) is 17.9 Å². The lowest BCUT2D eigenvalue weighted by Crippen LogP contribution is -2.35. The highest BCUT2D eigenvalue weighted by Crippen LogP contribution is 2.32. The van der Waals surface area contributed by atoms with E-state index in [9.17, 15) is 17.6 Å². The Balaban J connectivity index is 1.53. The van der Waals surface area contributed by atoms with Gasteiger partial charge in [-0.15, -0.1) is 11.3 Å². The van der Waals surface area contributed by atoms with Gasteiger partial charge in [-0.2, -0.15) is 4.31 Å². The number of fused-ring (bicyclic) bond motifs is 1. The molecule has 0 saturated heterocycles. The average molecular weight is 454 g/mol. The number of hydrogen-bond donors (Lipinski definition) is 1.